The van der Waals surface area contributed by atoms with Crippen LogP contribution in [0, 0.1) is 5.82 Å². The number of hydrogen-bond donors (Lipinski definition) is 2. The van der Waals surface area contributed by atoms with Gasteiger partial charge in [-0.05, 0) is 48.9 Å². The molecule has 0 saturated carbocycles. The van der Waals surface area contributed by atoms with Crippen LogP contribution in [0.3, 0.4) is 0 Å². The van der Waals surface area contributed by atoms with Crippen LogP contribution >= 0.6 is 11.6 Å². The van der Waals surface area contributed by atoms with Crippen molar-refractivity contribution in [3.05, 3.63) is 101 Å². The van der Waals surface area contributed by atoms with E-state index in [9.17, 15) is 9.18 Å². The van der Waals surface area contributed by atoms with E-state index in [4.69, 9.17) is 11.6 Å². The van der Waals surface area contributed by atoms with Gasteiger partial charge in [0, 0.05) is 35.7 Å². The summed E-state index contributed by atoms with van der Waals surface area (Å²) < 4.78 is 14.6. The third-order valence-electron chi connectivity index (χ3n) is 5.99. The number of anilines is 1. The number of hydrogen-bond acceptors (Lipinski definition) is 1. The minimum absolute atomic E-state index is 0. The van der Waals surface area contributed by atoms with Crippen LogP contribution in [0.4, 0.5) is 14.9 Å². The highest BCUT2D eigenvalue weighted by Crippen LogP contribution is 2.19. The Kier molecular flexibility index (Phi) is 11.8. The first-order valence-electron chi connectivity index (χ1n) is 11.4. The van der Waals surface area contributed by atoms with E-state index in [1.54, 1.807) is 12.1 Å². The van der Waals surface area contributed by atoms with Crippen LogP contribution in [0.5, 0.6) is 0 Å². The van der Waals surface area contributed by atoms with Gasteiger partial charge < -0.3 is 39.1 Å². The van der Waals surface area contributed by atoms with Crippen LogP contribution in [-0.2, 0) is 13.0 Å². The maximum absolute atomic E-state index is 13.8. The van der Waals surface area contributed by atoms with Crippen LogP contribution in [0.25, 0.3) is 0 Å². The molecule has 2 N–H and O–H groups in total. The molecular weight excluding hydrogens is 564 g/mol. The van der Waals surface area contributed by atoms with Crippen molar-refractivity contribution in [1.82, 2.24) is 5.32 Å². The number of quaternary nitrogens is 1. The van der Waals surface area contributed by atoms with Crippen LogP contribution in [0.15, 0.2) is 78.9 Å². The molecule has 3 aromatic rings. The lowest BCUT2D eigenvalue weighted by atomic mass is 10.1. The third-order valence-corrected chi connectivity index (χ3v) is 6.24. The van der Waals surface area contributed by atoms with Gasteiger partial charge >= 0.3 is 6.03 Å². The molecule has 0 spiro atoms. The zero-order valence-corrected chi connectivity index (χ0v) is 22.4. The van der Waals surface area contributed by atoms with Gasteiger partial charge in [-0.25, -0.2) is 9.18 Å². The van der Waals surface area contributed by atoms with Gasteiger partial charge in [0.25, 0.3) is 0 Å². The lowest BCUT2D eigenvalue weighted by Gasteiger charge is -2.38. The van der Waals surface area contributed by atoms with Gasteiger partial charge in [0.2, 0.25) is 0 Å². The second-order valence-electron chi connectivity index (χ2n) is 8.37. The maximum Gasteiger partial charge on any atom is 0.319 e. The number of carbonyl (C=O) groups is 1. The van der Waals surface area contributed by atoms with Crippen LogP contribution < -0.4 is 34.6 Å². The van der Waals surface area contributed by atoms with Gasteiger partial charge in [-0.3, -0.25) is 0 Å². The van der Waals surface area contributed by atoms with E-state index in [1.165, 1.54) is 11.6 Å². The summed E-state index contributed by atoms with van der Waals surface area (Å²) in [4.78, 5) is 12.2. The highest BCUT2D eigenvalue weighted by atomic mass is 127. The molecule has 0 aromatic heterocycles. The van der Waals surface area contributed by atoms with Crippen molar-refractivity contribution < 1.29 is 37.6 Å². The van der Waals surface area contributed by atoms with Crippen molar-refractivity contribution in [2.45, 2.75) is 26.3 Å². The normalized spacial score (nSPS) is 12.3. The van der Waals surface area contributed by atoms with E-state index in [2.05, 4.69) is 29.7 Å². The highest BCUT2D eigenvalue weighted by molar-refractivity contribution is 6.30. The van der Waals surface area contributed by atoms with Crippen molar-refractivity contribution in [3.63, 3.8) is 0 Å². The first-order chi connectivity index (χ1) is 16.0. The van der Waals surface area contributed by atoms with Gasteiger partial charge in [0.1, 0.15) is 12.4 Å². The Morgan fingerprint density at radius 2 is 1.68 bits per heavy atom. The Bertz CT molecular complexity index is 1020. The van der Waals surface area contributed by atoms with Gasteiger partial charge in [0.05, 0.1) is 19.6 Å². The van der Waals surface area contributed by atoms with E-state index in [-0.39, 0.29) is 35.8 Å². The summed E-state index contributed by atoms with van der Waals surface area (Å²) in [6.45, 7) is 6.22. The maximum atomic E-state index is 13.8. The van der Waals surface area contributed by atoms with Crippen LogP contribution in [-0.4, -0.2) is 36.7 Å². The van der Waals surface area contributed by atoms with E-state index in [1.807, 2.05) is 48.5 Å². The van der Waals surface area contributed by atoms with E-state index < -0.39 is 0 Å². The summed E-state index contributed by atoms with van der Waals surface area (Å²) >= 11 is 6.03. The monoisotopic (exact) mass is 595 g/mol. The van der Waals surface area contributed by atoms with Crippen LogP contribution in [0.2, 0.25) is 5.02 Å². The van der Waals surface area contributed by atoms with Crippen molar-refractivity contribution in [2.24, 2.45) is 0 Å². The fourth-order valence-electron chi connectivity index (χ4n) is 4.05. The number of benzene rings is 3. The molecular formula is C27H32ClFIN3O. The molecule has 0 fully saturated rings. The van der Waals surface area contributed by atoms with Crippen molar-refractivity contribution in [3.8, 4) is 0 Å². The number of nitrogens with zero attached hydrogens (tertiary/aromatic N) is 1. The summed E-state index contributed by atoms with van der Waals surface area (Å²) in [7, 11) is 0. The molecule has 182 valence electrons. The number of amides is 2. The number of para-hydroxylation sites is 1. The molecule has 7 heteroatoms. The van der Waals surface area contributed by atoms with E-state index >= 15 is 0 Å². The number of carbonyl (C=O) groups excluding carboxylic acids is 1. The molecule has 3 aromatic carbocycles. The molecule has 0 radical (unpaired) electrons. The topological polar surface area (TPSA) is 41.1 Å². The Balaban J connectivity index is 0.00000408. The summed E-state index contributed by atoms with van der Waals surface area (Å²) in [5, 5.41) is 6.52. The van der Waals surface area contributed by atoms with Crippen molar-refractivity contribution in [1.29, 1.82) is 0 Å². The number of nitrogens with one attached hydrogen (secondary N) is 2. The van der Waals surface area contributed by atoms with Gasteiger partial charge in [0.15, 0.2) is 0 Å². The molecule has 0 aliphatic carbocycles. The molecule has 0 aliphatic rings. The second-order valence-corrected chi connectivity index (χ2v) is 8.81. The average molecular weight is 596 g/mol. The number of likely N-dealkylation sites (N-methyl/N-ethyl adjacent to an activating group) is 1. The van der Waals surface area contributed by atoms with Crippen molar-refractivity contribution >= 4 is 23.3 Å². The molecule has 3 rings (SSSR count). The fraction of sp³-hybridized carbons (Fsp3) is 0.296. The predicted molar refractivity (Wildman–Crippen MR) is 134 cm³/mol. The third kappa shape index (κ3) is 9.24. The average Bonchev–Trinajstić information content (AvgIpc) is 2.82. The summed E-state index contributed by atoms with van der Waals surface area (Å²) in [6, 6.07) is 24.0. The fourth-order valence-corrected chi connectivity index (χ4v) is 4.18. The molecule has 1 atom stereocenters. The number of rotatable bonds is 11. The van der Waals surface area contributed by atoms with Crippen LogP contribution in [0.1, 0.15) is 24.5 Å². The number of halogens is 3. The minimum Gasteiger partial charge on any atom is -1.00 e. The van der Waals surface area contributed by atoms with Crippen molar-refractivity contribution in [2.75, 3.05) is 31.5 Å². The molecule has 0 aliphatic heterocycles. The second kappa shape index (κ2) is 14.3. The highest BCUT2D eigenvalue weighted by Gasteiger charge is 2.26. The lowest BCUT2D eigenvalue weighted by molar-refractivity contribution is -0.939. The molecule has 1 unspecified atom stereocenters. The SMILES string of the molecule is CC[N+](CCCNC(=O)Nc1ccccc1)(CCc1ccc(Cl)cc1)Cc1cccc(F)c1.[I-]. The molecule has 0 bridgehead atoms. The molecule has 2 amide bonds. The first-order valence-corrected chi connectivity index (χ1v) is 11.8. The predicted octanol–water partition coefficient (Wildman–Crippen LogP) is 3.27. The molecule has 4 nitrogen and oxygen atoms in total. The summed E-state index contributed by atoms with van der Waals surface area (Å²) in [5.41, 5.74) is 2.99. The lowest BCUT2D eigenvalue weighted by Crippen LogP contribution is -3.00. The first kappa shape index (κ1) is 28.1. The largest absolute Gasteiger partial charge is 1.00 e. The van der Waals surface area contributed by atoms with Gasteiger partial charge in [-0.2, -0.15) is 0 Å². The van der Waals surface area contributed by atoms with Gasteiger partial charge in [-0.1, -0.05) is 54.1 Å². The summed E-state index contributed by atoms with van der Waals surface area (Å²) in [5.74, 6) is -0.210. The zero-order chi connectivity index (χ0) is 23.5. The molecule has 0 saturated heterocycles. The minimum atomic E-state index is -0.210. The Hall–Kier alpha value is -2.16. The Morgan fingerprint density at radius 3 is 2.35 bits per heavy atom. The molecule has 0 heterocycles. The Labute approximate surface area is 224 Å². The zero-order valence-electron chi connectivity index (χ0n) is 19.4. The number of urea groups is 1. The standard InChI is InChI=1S/C27H31ClFN3O.HI/c1-2-32(21-23-8-6-9-25(29)20-23,19-16-22-12-14-24(28)15-13-22)18-7-17-30-27(33)31-26-10-4-3-5-11-26;/h3-6,8-15,20H,2,7,16-19,21H2,1H3,(H-,30,31,33);1H. The van der Waals surface area contributed by atoms with E-state index in [0.29, 0.717) is 6.54 Å². The van der Waals surface area contributed by atoms with E-state index in [0.717, 1.165) is 59.8 Å². The Morgan fingerprint density at radius 1 is 0.941 bits per heavy atom. The molecule has 34 heavy (non-hydrogen) atoms. The van der Waals surface area contributed by atoms with Gasteiger partial charge in [-0.15, -0.1) is 0 Å². The quantitative estimate of drug-likeness (QED) is 0.200. The summed E-state index contributed by atoms with van der Waals surface area (Å²) in [6.07, 6.45) is 1.73. The smallest absolute Gasteiger partial charge is 0.319 e.